The molecule has 14 rings (SSSR count). The molecule has 6 heteroatoms. The molecule has 5 nitrogen and oxygen atoms in total. The zero-order valence-electron chi connectivity index (χ0n) is 34.4. The van der Waals surface area contributed by atoms with Gasteiger partial charge in [-0.05, 0) is 78.6 Å². The van der Waals surface area contributed by atoms with Gasteiger partial charge in [-0.25, -0.2) is 9.97 Å². The normalized spacial score (nSPS) is 12.8. The van der Waals surface area contributed by atoms with Crippen LogP contribution in [-0.4, -0.2) is 14.5 Å². The van der Waals surface area contributed by atoms with Crippen molar-refractivity contribution < 1.29 is 8.83 Å². The summed E-state index contributed by atoms with van der Waals surface area (Å²) in [5.74, 6) is 1.54. The van der Waals surface area contributed by atoms with E-state index in [0.717, 1.165) is 118 Å². The molecule has 0 aliphatic heterocycles. The lowest BCUT2D eigenvalue weighted by atomic mass is 9.91. The lowest BCUT2D eigenvalue weighted by molar-refractivity contribution is 0.595. The number of para-hydroxylation sites is 1. The number of thiophene rings is 1. The van der Waals surface area contributed by atoms with Gasteiger partial charge in [-0.2, -0.15) is 0 Å². The first-order chi connectivity index (χ1) is 31.7. The zero-order valence-corrected chi connectivity index (χ0v) is 35.2. The Bertz CT molecular complexity index is 4000. The molecule has 0 unspecified atom stereocenters. The van der Waals surface area contributed by atoms with E-state index in [4.69, 9.17) is 18.8 Å². The lowest BCUT2D eigenvalue weighted by Gasteiger charge is -2.21. The Kier molecular flexibility index (Phi) is 7.62. The van der Waals surface area contributed by atoms with Gasteiger partial charge in [0.1, 0.15) is 28.1 Å². The smallest absolute Gasteiger partial charge is 0.179 e. The number of aromatic nitrogens is 3. The summed E-state index contributed by atoms with van der Waals surface area (Å²) in [4.78, 5) is 10.6. The van der Waals surface area contributed by atoms with E-state index in [1.165, 1.54) is 20.2 Å². The summed E-state index contributed by atoms with van der Waals surface area (Å²) in [7, 11) is 0. The standard InChI is InChI=1S/C58H35N3O2S/c1-4-16-34(17-5-1)43-32-37(52-57-53(41-23-11-14-26-47(41)62-57)60-58(59-52)36-20-8-3-9-21-36)33-44(35-18-6-2-7-19-35)54(43)61-45-25-13-10-22-40(45)50-46(61)30-28-38-39-29-31-49-51(56(39)63-55(38)50)42-24-12-15-27-48(42)64-49/h1-10,12-22,24-33H,11,23H2. The van der Waals surface area contributed by atoms with Gasteiger partial charge in [0.15, 0.2) is 11.4 Å². The predicted octanol–water partition coefficient (Wildman–Crippen LogP) is 16.2. The van der Waals surface area contributed by atoms with E-state index in [1.54, 1.807) is 0 Å². The molecule has 64 heavy (non-hydrogen) atoms. The molecule has 0 saturated carbocycles. The summed E-state index contributed by atoms with van der Waals surface area (Å²) < 4.78 is 18.9. The first kappa shape index (κ1) is 35.5. The lowest BCUT2D eigenvalue weighted by Crippen LogP contribution is -2.02. The predicted molar refractivity (Wildman–Crippen MR) is 265 cm³/mol. The maximum atomic E-state index is 7.20. The number of furan rings is 2. The van der Waals surface area contributed by atoms with Crippen LogP contribution in [0.4, 0.5) is 0 Å². The molecule has 0 saturated heterocycles. The quantitative estimate of drug-likeness (QED) is 0.173. The molecular weight excluding hydrogens is 803 g/mol. The molecular formula is C58H35N3O2S. The first-order valence-corrected chi connectivity index (χ1v) is 22.6. The van der Waals surface area contributed by atoms with E-state index in [0.29, 0.717) is 11.4 Å². The van der Waals surface area contributed by atoms with Crippen LogP contribution in [0.1, 0.15) is 17.7 Å². The van der Waals surface area contributed by atoms with Crippen LogP contribution >= 0.6 is 11.3 Å². The van der Waals surface area contributed by atoms with Crippen LogP contribution in [0.5, 0.6) is 0 Å². The highest BCUT2D eigenvalue weighted by Gasteiger charge is 2.27. The number of nitrogens with zero attached hydrogens (tertiary/aromatic N) is 3. The van der Waals surface area contributed by atoms with E-state index < -0.39 is 0 Å². The van der Waals surface area contributed by atoms with Crippen molar-refractivity contribution in [3.63, 3.8) is 0 Å². The molecule has 0 fully saturated rings. The van der Waals surface area contributed by atoms with Crippen molar-refractivity contribution in [1.82, 2.24) is 14.5 Å². The van der Waals surface area contributed by atoms with Crippen LogP contribution < -0.4 is 0 Å². The molecule has 13 aromatic rings. The van der Waals surface area contributed by atoms with Gasteiger partial charge >= 0.3 is 0 Å². The van der Waals surface area contributed by atoms with E-state index in [9.17, 15) is 0 Å². The minimum atomic E-state index is 0.679. The zero-order chi connectivity index (χ0) is 41.9. The van der Waals surface area contributed by atoms with Gasteiger partial charge in [0, 0.05) is 64.1 Å². The monoisotopic (exact) mass is 837 g/mol. The Hall–Kier alpha value is -8.06. The van der Waals surface area contributed by atoms with Crippen LogP contribution in [0.3, 0.4) is 0 Å². The van der Waals surface area contributed by atoms with Gasteiger partial charge in [0.05, 0.1) is 22.1 Å². The first-order valence-electron chi connectivity index (χ1n) is 21.8. The highest BCUT2D eigenvalue weighted by Crippen LogP contribution is 2.49. The molecule has 5 heterocycles. The Morgan fingerprint density at radius 1 is 0.484 bits per heavy atom. The summed E-state index contributed by atoms with van der Waals surface area (Å²) >= 11 is 1.82. The Morgan fingerprint density at radius 3 is 1.88 bits per heavy atom. The number of aryl methyl sites for hydroxylation is 1. The molecule has 0 amide bonds. The van der Waals surface area contributed by atoms with Crippen LogP contribution in [-0.2, 0) is 6.42 Å². The number of hydrogen-bond acceptors (Lipinski definition) is 5. The molecule has 8 aromatic carbocycles. The maximum absolute atomic E-state index is 7.20. The van der Waals surface area contributed by atoms with E-state index in [1.807, 2.05) is 29.5 Å². The van der Waals surface area contributed by atoms with Gasteiger partial charge in [-0.15, -0.1) is 11.3 Å². The van der Waals surface area contributed by atoms with Crippen molar-refractivity contribution in [2.24, 2.45) is 0 Å². The van der Waals surface area contributed by atoms with Crippen LogP contribution in [0.15, 0.2) is 191 Å². The fraction of sp³-hybridized carbons (Fsp3) is 0.0345. The summed E-state index contributed by atoms with van der Waals surface area (Å²) in [5, 5.41) is 6.89. The number of benzene rings is 8. The van der Waals surface area contributed by atoms with Crippen molar-refractivity contribution >= 4 is 92.4 Å². The second-order valence-electron chi connectivity index (χ2n) is 16.7. The molecule has 0 N–H and O–H groups in total. The average Bonchev–Trinajstić information content (AvgIpc) is 4.13. The van der Waals surface area contributed by atoms with Gasteiger partial charge < -0.3 is 13.4 Å². The average molecular weight is 838 g/mol. The minimum absolute atomic E-state index is 0.679. The Labute approximate surface area is 370 Å². The fourth-order valence-electron chi connectivity index (χ4n) is 10.2. The van der Waals surface area contributed by atoms with Crippen molar-refractivity contribution in [3.8, 4) is 50.6 Å². The minimum Gasteiger partial charge on any atom is -0.455 e. The van der Waals surface area contributed by atoms with Crippen molar-refractivity contribution in [3.05, 3.63) is 193 Å². The van der Waals surface area contributed by atoms with Crippen LogP contribution in [0.25, 0.3) is 132 Å². The highest BCUT2D eigenvalue weighted by atomic mass is 32.1. The van der Waals surface area contributed by atoms with E-state index in [-0.39, 0.29) is 0 Å². The molecule has 1 aliphatic carbocycles. The third kappa shape index (κ3) is 5.17. The molecule has 0 atom stereocenters. The molecule has 300 valence electrons. The van der Waals surface area contributed by atoms with Crippen LogP contribution in [0, 0.1) is 0 Å². The number of allylic oxidation sites excluding steroid dienone is 1. The molecule has 0 spiro atoms. The number of hydrogen-bond donors (Lipinski definition) is 0. The Morgan fingerprint density at radius 2 is 1.12 bits per heavy atom. The summed E-state index contributed by atoms with van der Waals surface area (Å²) in [6.45, 7) is 0. The SMILES string of the molecule is C1=Cc2oc3c(-c4cc(-c5ccccc5)c(-n5c6ccccc6c6c7oc8c(ccc9sc%10ccccc%10c98)c7ccc65)c(-c5ccccc5)c4)nc(-c4ccccc4)nc3c2CC1. The van der Waals surface area contributed by atoms with E-state index in [2.05, 4.69) is 174 Å². The second kappa shape index (κ2) is 13.7. The third-order valence-corrected chi connectivity index (χ3v) is 14.2. The molecule has 1 aliphatic rings. The van der Waals surface area contributed by atoms with Gasteiger partial charge in [-0.3, -0.25) is 0 Å². The van der Waals surface area contributed by atoms with Gasteiger partial charge in [-0.1, -0.05) is 133 Å². The maximum Gasteiger partial charge on any atom is 0.179 e. The Balaban J connectivity index is 1.11. The van der Waals surface area contributed by atoms with Gasteiger partial charge in [0.2, 0.25) is 0 Å². The number of fused-ring (bicyclic) bond motifs is 14. The van der Waals surface area contributed by atoms with Crippen molar-refractivity contribution in [2.75, 3.05) is 0 Å². The summed E-state index contributed by atoms with van der Waals surface area (Å²) in [6.07, 6.45) is 6.09. The second-order valence-corrected chi connectivity index (χ2v) is 17.8. The van der Waals surface area contributed by atoms with Crippen molar-refractivity contribution in [1.29, 1.82) is 0 Å². The number of rotatable bonds is 5. The molecule has 5 aromatic heterocycles. The summed E-state index contributed by atoms with van der Waals surface area (Å²) in [6, 6.07) is 62.8. The third-order valence-electron chi connectivity index (χ3n) is 13.1. The molecule has 0 radical (unpaired) electrons. The van der Waals surface area contributed by atoms with Crippen LogP contribution in [0.2, 0.25) is 0 Å². The largest absolute Gasteiger partial charge is 0.455 e. The van der Waals surface area contributed by atoms with E-state index >= 15 is 0 Å². The highest BCUT2D eigenvalue weighted by molar-refractivity contribution is 7.26. The molecule has 0 bridgehead atoms. The summed E-state index contributed by atoms with van der Waals surface area (Å²) in [5.41, 5.74) is 14.8. The van der Waals surface area contributed by atoms with Crippen molar-refractivity contribution in [2.45, 2.75) is 12.8 Å². The van der Waals surface area contributed by atoms with Gasteiger partial charge in [0.25, 0.3) is 0 Å². The fourth-order valence-corrected chi connectivity index (χ4v) is 11.3. The topological polar surface area (TPSA) is 57.0 Å².